The summed E-state index contributed by atoms with van der Waals surface area (Å²) < 4.78 is 5.82. The van der Waals surface area contributed by atoms with Crippen LogP contribution in [0.5, 0.6) is 5.75 Å². The van der Waals surface area contributed by atoms with Gasteiger partial charge in [0.1, 0.15) is 28.2 Å². The van der Waals surface area contributed by atoms with Gasteiger partial charge in [-0.15, -0.1) is 11.3 Å². The minimum atomic E-state index is -0.408. The van der Waals surface area contributed by atoms with E-state index in [1.807, 2.05) is 12.1 Å². The van der Waals surface area contributed by atoms with E-state index < -0.39 is 5.56 Å². The van der Waals surface area contributed by atoms with Gasteiger partial charge in [-0.25, -0.2) is 0 Å². The van der Waals surface area contributed by atoms with Gasteiger partial charge in [-0.3, -0.25) is 4.79 Å². The molecule has 0 radical (unpaired) electrons. The zero-order valence-electron chi connectivity index (χ0n) is 13.4. The number of rotatable bonds is 4. The van der Waals surface area contributed by atoms with Gasteiger partial charge in [0, 0.05) is 11.1 Å². The maximum absolute atomic E-state index is 12.1. The number of benzene rings is 2. The summed E-state index contributed by atoms with van der Waals surface area (Å²) in [6, 6.07) is 16.2. The van der Waals surface area contributed by atoms with Crippen molar-refractivity contribution >= 4 is 27.0 Å². The number of nitriles is 1. The van der Waals surface area contributed by atoms with Gasteiger partial charge in [-0.05, 0) is 29.8 Å². The lowest BCUT2D eigenvalue weighted by molar-refractivity contribution is 0.401. The standard InChI is InChI=1S/C19H14N2O3S/c1-24-13-8-6-12(7-9-13)10-16(22)15(11-20)19-21-18(23)14-4-2-3-5-17(14)25-19/h2-9,22H,10H2,1H3. The number of nitrogens with zero attached hydrogens (tertiary/aromatic N) is 2. The van der Waals surface area contributed by atoms with Crippen LogP contribution in [0.15, 0.2) is 59.1 Å². The second-order valence-electron chi connectivity index (χ2n) is 5.28. The van der Waals surface area contributed by atoms with Crippen LogP contribution in [0, 0.1) is 11.3 Å². The van der Waals surface area contributed by atoms with E-state index in [-0.39, 0.29) is 22.8 Å². The van der Waals surface area contributed by atoms with Gasteiger partial charge >= 0.3 is 0 Å². The van der Waals surface area contributed by atoms with Crippen LogP contribution in [0.4, 0.5) is 0 Å². The number of hydrogen-bond acceptors (Lipinski definition) is 6. The first-order chi connectivity index (χ1) is 12.1. The van der Waals surface area contributed by atoms with Crippen LogP contribution < -0.4 is 10.3 Å². The van der Waals surface area contributed by atoms with Crippen molar-refractivity contribution in [3.63, 3.8) is 0 Å². The topological polar surface area (TPSA) is 83.2 Å². The number of aromatic nitrogens is 1. The molecule has 0 aliphatic carbocycles. The van der Waals surface area contributed by atoms with Crippen molar-refractivity contribution in [2.45, 2.75) is 6.42 Å². The summed E-state index contributed by atoms with van der Waals surface area (Å²) in [5.41, 5.74) is 0.428. The highest BCUT2D eigenvalue weighted by atomic mass is 32.1. The second kappa shape index (κ2) is 7.16. The van der Waals surface area contributed by atoms with Crippen LogP contribution in [0.25, 0.3) is 15.7 Å². The Labute approximate surface area is 148 Å². The fraction of sp³-hybridized carbons (Fsp3) is 0.105. The third-order valence-corrected chi connectivity index (χ3v) is 4.74. The average molecular weight is 350 g/mol. The average Bonchev–Trinajstić information content (AvgIpc) is 2.63. The molecule has 0 atom stereocenters. The SMILES string of the molecule is COc1ccc(CC(O)=C(C#N)c2nc(=O)c3ccccc3s2)cc1. The molecule has 0 spiro atoms. The van der Waals surface area contributed by atoms with Crippen molar-refractivity contribution in [2.75, 3.05) is 7.11 Å². The van der Waals surface area contributed by atoms with E-state index >= 15 is 0 Å². The summed E-state index contributed by atoms with van der Waals surface area (Å²) >= 11 is 1.21. The minimum absolute atomic E-state index is 0.0173. The number of hydrogen-bond donors (Lipinski definition) is 1. The van der Waals surface area contributed by atoms with Gasteiger partial charge in [-0.2, -0.15) is 10.2 Å². The molecule has 0 unspecified atom stereocenters. The van der Waals surface area contributed by atoms with Crippen molar-refractivity contribution in [3.8, 4) is 11.8 Å². The van der Waals surface area contributed by atoms with Gasteiger partial charge in [0.15, 0.2) is 0 Å². The molecule has 0 bridgehead atoms. The lowest BCUT2D eigenvalue weighted by Crippen LogP contribution is -2.08. The smallest absolute Gasteiger partial charge is 0.279 e. The Bertz CT molecular complexity index is 1050. The van der Waals surface area contributed by atoms with Crippen LogP contribution in [0.3, 0.4) is 0 Å². The second-order valence-corrected chi connectivity index (χ2v) is 6.31. The zero-order valence-corrected chi connectivity index (χ0v) is 14.2. The van der Waals surface area contributed by atoms with E-state index in [2.05, 4.69) is 4.98 Å². The van der Waals surface area contributed by atoms with Crippen LogP contribution in [-0.4, -0.2) is 17.2 Å². The maximum atomic E-state index is 12.1. The summed E-state index contributed by atoms with van der Waals surface area (Å²) in [7, 11) is 1.58. The third-order valence-electron chi connectivity index (χ3n) is 3.67. The Morgan fingerprint density at radius 3 is 2.64 bits per heavy atom. The molecule has 3 rings (SSSR count). The van der Waals surface area contributed by atoms with Gasteiger partial charge in [0.05, 0.1) is 12.5 Å². The number of ether oxygens (including phenoxy) is 1. The molecule has 3 aromatic rings. The van der Waals surface area contributed by atoms with Crippen LogP contribution >= 0.6 is 11.3 Å². The minimum Gasteiger partial charge on any atom is -0.510 e. The highest BCUT2D eigenvalue weighted by Crippen LogP contribution is 2.25. The maximum Gasteiger partial charge on any atom is 0.279 e. The number of aliphatic hydroxyl groups excluding tert-OH is 1. The summed E-state index contributed by atoms with van der Waals surface area (Å²) in [5, 5.41) is 20.6. The van der Waals surface area contributed by atoms with Gasteiger partial charge in [0.25, 0.3) is 5.56 Å². The molecule has 0 fully saturated rings. The zero-order chi connectivity index (χ0) is 17.8. The van der Waals surface area contributed by atoms with Crippen LogP contribution in [0.2, 0.25) is 0 Å². The van der Waals surface area contributed by atoms with Crippen molar-refractivity contribution in [2.24, 2.45) is 0 Å². The van der Waals surface area contributed by atoms with Crippen molar-refractivity contribution in [1.82, 2.24) is 4.98 Å². The summed E-state index contributed by atoms with van der Waals surface area (Å²) in [6.45, 7) is 0. The monoisotopic (exact) mass is 350 g/mol. The molecule has 5 nitrogen and oxygen atoms in total. The molecule has 0 saturated heterocycles. The fourth-order valence-corrected chi connectivity index (χ4v) is 3.39. The summed E-state index contributed by atoms with van der Waals surface area (Å²) in [6.07, 6.45) is 0.169. The van der Waals surface area contributed by atoms with E-state index in [1.54, 1.807) is 49.6 Å². The Morgan fingerprint density at radius 1 is 1.24 bits per heavy atom. The Kier molecular flexibility index (Phi) is 4.78. The predicted molar refractivity (Wildman–Crippen MR) is 97.7 cm³/mol. The van der Waals surface area contributed by atoms with Crippen molar-refractivity contribution in [1.29, 1.82) is 5.26 Å². The molecule has 1 heterocycles. The Balaban J connectivity index is 2.01. The van der Waals surface area contributed by atoms with E-state index in [4.69, 9.17) is 4.74 Å². The molecule has 1 aromatic heterocycles. The van der Waals surface area contributed by atoms with Crippen molar-refractivity contribution in [3.05, 3.63) is 75.2 Å². The number of allylic oxidation sites excluding steroid dienone is 2. The summed E-state index contributed by atoms with van der Waals surface area (Å²) in [5.74, 6) is 0.591. The first kappa shape index (κ1) is 16.7. The lowest BCUT2D eigenvalue weighted by Gasteiger charge is -2.06. The van der Waals surface area contributed by atoms with E-state index in [1.165, 1.54) is 11.3 Å². The molecule has 0 aliphatic heterocycles. The molecule has 0 aliphatic rings. The van der Waals surface area contributed by atoms with Gasteiger partial charge in [0.2, 0.25) is 0 Å². The molecule has 2 aromatic carbocycles. The van der Waals surface area contributed by atoms with Gasteiger partial charge < -0.3 is 9.84 Å². The van der Waals surface area contributed by atoms with E-state index in [0.29, 0.717) is 11.1 Å². The Hall–Kier alpha value is -3.17. The third kappa shape index (κ3) is 3.52. The van der Waals surface area contributed by atoms with E-state index in [0.717, 1.165) is 10.3 Å². The number of methoxy groups -OCH3 is 1. The lowest BCUT2D eigenvalue weighted by atomic mass is 10.1. The molecular weight excluding hydrogens is 336 g/mol. The molecule has 6 heteroatoms. The molecule has 1 N–H and O–H groups in total. The number of aliphatic hydroxyl groups is 1. The normalized spacial score (nSPS) is 11.7. The van der Waals surface area contributed by atoms with E-state index in [9.17, 15) is 15.2 Å². The molecule has 0 saturated carbocycles. The largest absolute Gasteiger partial charge is 0.510 e. The Morgan fingerprint density at radius 2 is 1.96 bits per heavy atom. The highest BCUT2D eigenvalue weighted by Gasteiger charge is 2.14. The first-order valence-corrected chi connectivity index (χ1v) is 8.29. The first-order valence-electron chi connectivity index (χ1n) is 7.47. The van der Waals surface area contributed by atoms with Crippen LogP contribution in [-0.2, 0) is 6.42 Å². The quantitative estimate of drug-likeness (QED) is 0.573. The fourth-order valence-electron chi connectivity index (χ4n) is 2.38. The van der Waals surface area contributed by atoms with Crippen molar-refractivity contribution < 1.29 is 9.84 Å². The molecule has 0 amide bonds. The molecular formula is C19H14N2O3S. The highest BCUT2D eigenvalue weighted by molar-refractivity contribution is 7.19. The van der Waals surface area contributed by atoms with Gasteiger partial charge in [-0.1, -0.05) is 24.3 Å². The van der Waals surface area contributed by atoms with Crippen LogP contribution in [0.1, 0.15) is 10.6 Å². The molecule has 25 heavy (non-hydrogen) atoms. The molecule has 124 valence electrons. The predicted octanol–water partition coefficient (Wildman–Crippen LogP) is 3.70. The summed E-state index contributed by atoms with van der Waals surface area (Å²) in [4.78, 5) is 16.1. The number of fused-ring (bicyclic) bond motifs is 1.